The predicted molar refractivity (Wildman–Crippen MR) is 132 cm³/mol. The number of carbonyl (C=O) groups is 4. The van der Waals surface area contributed by atoms with Crippen molar-refractivity contribution in [3.8, 4) is 17.6 Å². The first-order valence-corrected chi connectivity index (χ1v) is 11.2. The molecule has 3 aromatic rings. The van der Waals surface area contributed by atoms with Crippen molar-refractivity contribution in [1.29, 1.82) is 5.26 Å². The summed E-state index contributed by atoms with van der Waals surface area (Å²) in [4.78, 5) is 50.8. The van der Waals surface area contributed by atoms with E-state index < -0.39 is 30.2 Å². The zero-order chi connectivity index (χ0) is 26.4. The Labute approximate surface area is 212 Å². The molecular weight excluding hydrogens is 474 g/mol. The molecule has 0 spiro atoms. The molecule has 9 heteroatoms. The zero-order valence-corrected chi connectivity index (χ0v) is 19.8. The summed E-state index contributed by atoms with van der Waals surface area (Å²) in [5.74, 6) is -2.31. The fourth-order valence-corrected chi connectivity index (χ4v) is 3.71. The predicted octanol–water partition coefficient (Wildman–Crippen LogP) is 3.12. The van der Waals surface area contributed by atoms with E-state index in [9.17, 15) is 24.4 Å². The average Bonchev–Trinajstić information content (AvgIpc) is 3.16. The third kappa shape index (κ3) is 5.55. The molecule has 3 amide bonds. The van der Waals surface area contributed by atoms with Crippen molar-refractivity contribution in [3.63, 3.8) is 0 Å². The Morgan fingerprint density at radius 3 is 2.22 bits per heavy atom. The first-order valence-electron chi connectivity index (χ1n) is 11.2. The number of amides is 3. The number of benzene rings is 3. The molecule has 1 aliphatic heterocycles. The minimum atomic E-state index is -0.839. The standard InChI is InChI=1S/C28H21N3O6/c1-36-24-14-19(13-20(15-29)26(33)30-16-18-7-3-2-4-8-18)11-12-23(24)37-25(32)17-31-27(34)21-9-5-6-10-22(21)28(31)35/h2-14H,16-17H2,1H3,(H,30,33)/b20-13+. The van der Waals surface area contributed by atoms with Crippen molar-refractivity contribution >= 4 is 29.8 Å². The van der Waals surface area contributed by atoms with Crippen molar-refractivity contribution in [2.45, 2.75) is 6.54 Å². The van der Waals surface area contributed by atoms with Crippen molar-refractivity contribution in [3.05, 3.63) is 101 Å². The van der Waals surface area contributed by atoms with Gasteiger partial charge in [0.15, 0.2) is 11.5 Å². The first-order chi connectivity index (χ1) is 17.9. The van der Waals surface area contributed by atoms with Crippen LogP contribution >= 0.6 is 0 Å². The largest absolute Gasteiger partial charge is 0.493 e. The Kier molecular flexibility index (Phi) is 7.40. The van der Waals surface area contributed by atoms with Crippen LogP contribution in [0.15, 0.2) is 78.4 Å². The van der Waals surface area contributed by atoms with E-state index in [1.165, 1.54) is 43.5 Å². The number of nitriles is 1. The maximum atomic E-state index is 12.5. The van der Waals surface area contributed by atoms with Crippen molar-refractivity contribution in [2.24, 2.45) is 0 Å². The number of rotatable bonds is 8. The number of carbonyl (C=O) groups excluding carboxylic acids is 4. The molecule has 1 N–H and O–H groups in total. The topological polar surface area (TPSA) is 126 Å². The van der Waals surface area contributed by atoms with Crippen LogP contribution < -0.4 is 14.8 Å². The third-order valence-corrected chi connectivity index (χ3v) is 5.55. The van der Waals surface area contributed by atoms with Gasteiger partial charge in [-0.25, -0.2) is 4.79 Å². The summed E-state index contributed by atoms with van der Waals surface area (Å²) in [5, 5.41) is 12.2. The minimum Gasteiger partial charge on any atom is -0.493 e. The van der Waals surface area contributed by atoms with Crippen LogP contribution in [0.1, 0.15) is 31.8 Å². The van der Waals surface area contributed by atoms with Crippen LogP contribution in [-0.4, -0.2) is 42.2 Å². The molecule has 0 saturated heterocycles. The number of nitrogens with one attached hydrogen (secondary N) is 1. The van der Waals surface area contributed by atoms with Gasteiger partial charge in [-0.05, 0) is 41.5 Å². The van der Waals surface area contributed by atoms with E-state index >= 15 is 0 Å². The second kappa shape index (κ2) is 11.0. The van der Waals surface area contributed by atoms with E-state index in [0.29, 0.717) is 5.56 Å². The highest BCUT2D eigenvalue weighted by molar-refractivity contribution is 6.22. The van der Waals surface area contributed by atoms with Crippen molar-refractivity contribution in [1.82, 2.24) is 10.2 Å². The first kappa shape index (κ1) is 24.9. The van der Waals surface area contributed by atoms with Gasteiger partial charge < -0.3 is 14.8 Å². The molecule has 0 saturated carbocycles. The van der Waals surface area contributed by atoms with Gasteiger partial charge in [-0.3, -0.25) is 19.3 Å². The maximum Gasteiger partial charge on any atom is 0.331 e. The maximum absolute atomic E-state index is 12.5. The number of ether oxygens (including phenoxy) is 2. The van der Waals surface area contributed by atoms with Crippen LogP contribution in [0.25, 0.3) is 6.08 Å². The van der Waals surface area contributed by atoms with Gasteiger partial charge in [-0.2, -0.15) is 5.26 Å². The Morgan fingerprint density at radius 1 is 0.946 bits per heavy atom. The Bertz CT molecular complexity index is 1420. The summed E-state index contributed by atoms with van der Waals surface area (Å²) in [6.07, 6.45) is 1.38. The highest BCUT2D eigenvalue weighted by atomic mass is 16.6. The highest BCUT2D eigenvalue weighted by Gasteiger charge is 2.36. The van der Waals surface area contributed by atoms with E-state index in [2.05, 4.69) is 5.32 Å². The van der Waals surface area contributed by atoms with Gasteiger partial charge >= 0.3 is 5.97 Å². The van der Waals surface area contributed by atoms with Gasteiger partial charge in [0.2, 0.25) is 0 Å². The van der Waals surface area contributed by atoms with Crippen LogP contribution in [0.4, 0.5) is 0 Å². The van der Waals surface area contributed by atoms with E-state index in [0.717, 1.165) is 10.5 Å². The molecule has 184 valence electrons. The number of hydrogen-bond donors (Lipinski definition) is 1. The molecule has 0 bridgehead atoms. The summed E-state index contributed by atoms with van der Waals surface area (Å²) >= 11 is 0. The highest BCUT2D eigenvalue weighted by Crippen LogP contribution is 2.30. The van der Waals surface area contributed by atoms with Crippen molar-refractivity contribution < 1.29 is 28.7 Å². The molecule has 0 unspecified atom stereocenters. The number of hydrogen-bond acceptors (Lipinski definition) is 7. The van der Waals surface area contributed by atoms with E-state index in [1.807, 2.05) is 36.4 Å². The Balaban J connectivity index is 1.43. The number of nitrogens with zero attached hydrogens (tertiary/aromatic N) is 2. The third-order valence-electron chi connectivity index (χ3n) is 5.55. The monoisotopic (exact) mass is 495 g/mol. The summed E-state index contributed by atoms with van der Waals surface area (Å²) in [5.41, 5.74) is 1.70. The van der Waals surface area contributed by atoms with Gasteiger partial charge in [0.05, 0.1) is 18.2 Å². The molecule has 0 aliphatic carbocycles. The zero-order valence-electron chi connectivity index (χ0n) is 19.8. The van der Waals surface area contributed by atoms with Crippen LogP contribution in [-0.2, 0) is 16.1 Å². The molecule has 0 aromatic heterocycles. The Morgan fingerprint density at radius 2 is 1.59 bits per heavy atom. The molecule has 3 aromatic carbocycles. The van der Waals surface area contributed by atoms with Gasteiger partial charge in [-0.1, -0.05) is 48.5 Å². The summed E-state index contributed by atoms with van der Waals surface area (Å²) in [6.45, 7) is -0.304. The van der Waals surface area contributed by atoms with Crippen LogP contribution in [0.5, 0.6) is 11.5 Å². The molecule has 1 aliphatic rings. The minimum absolute atomic E-state index is 0.0493. The second-order valence-corrected chi connectivity index (χ2v) is 7.96. The molecular formula is C28H21N3O6. The number of imide groups is 1. The van der Waals surface area contributed by atoms with Crippen molar-refractivity contribution in [2.75, 3.05) is 13.7 Å². The lowest BCUT2D eigenvalue weighted by molar-refractivity contribution is -0.134. The van der Waals surface area contributed by atoms with Crippen LogP contribution in [0, 0.1) is 11.3 Å². The smallest absolute Gasteiger partial charge is 0.331 e. The fraction of sp³-hybridized carbons (Fsp3) is 0.107. The molecule has 4 rings (SSSR count). The van der Waals surface area contributed by atoms with Crippen LogP contribution in [0.3, 0.4) is 0 Å². The van der Waals surface area contributed by atoms with Crippen LogP contribution in [0.2, 0.25) is 0 Å². The normalized spacial score (nSPS) is 12.5. The lowest BCUT2D eigenvalue weighted by atomic mass is 10.1. The van der Waals surface area contributed by atoms with Gasteiger partial charge in [0.1, 0.15) is 18.2 Å². The fourth-order valence-electron chi connectivity index (χ4n) is 3.71. The van der Waals surface area contributed by atoms with E-state index in [1.54, 1.807) is 12.1 Å². The molecule has 0 atom stereocenters. The average molecular weight is 495 g/mol. The lowest BCUT2D eigenvalue weighted by Crippen LogP contribution is -2.36. The molecule has 37 heavy (non-hydrogen) atoms. The van der Waals surface area contributed by atoms with Gasteiger partial charge in [-0.15, -0.1) is 0 Å². The lowest BCUT2D eigenvalue weighted by Gasteiger charge is -2.14. The van der Waals surface area contributed by atoms with Gasteiger partial charge in [0.25, 0.3) is 17.7 Å². The summed E-state index contributed by atoms with van der Waals surface area (Å²) < 4.78 is 10.6. The molecule has 9 nitrogen and oxygen atoms in total. The summed E-state index contributed by atoms with van der Waals surface area (Å²) in [7, 11) is 1.36. The quantitative estimate of drug-likeness (QED) is 0.167. The SMILES string of the molecule is COc1cc(/C=C(\C#N)C(=O)NCc2ccccc2)ccc1OC(=O)CN1C(=O)c2ccccc2C1=O. The van der Waals surface area contributed by atoms with E-state index in [-0.39, 0.29) is 34.7 Å². The Hall–Kier alpha value is -5.23. The van der Waals surface area contributed by atoms with E-state index in [4.69, 9.17) is 9.47 Å². The number of esters is 1. The second-order valence-electron chi connectivity index (χ2n) is 7.96. The molecule has 1 heterocycles. The number of methoxy groups -OCH3 is 1. The molecule has 0 radical (unpaired) electrons. The number of fused-ring (bicyclic) bond motifs is 1. The molecule has 0 fully saturated rings. The summed E-state index contributed by atoms with van der Waals surface area (Å²) in [6, 6.07) is 21.9. The van der Waals surface area contributed by atoms with Gasteiger partial charge in [0, 0.05) is 6.54 Å².